The number of rotatable bonds is 1. The maximum absolute atomic E-state index is 4.14. The van der Waals surface area contributed by atoms with Gasteiger partial charge in [-0.15, -0.1) is 0 Å². The van der Waals surface area contributed by atoms with Gasteiger partial charge in [0.2, 0.25) is 0 Å². The molecule has 0 atom stereocenters. The third-order valence-electron chi connectivity index (χ3n) is 1.84. The molecule has 2 aromatic rings. The normalized spacial score (nSPS) is 10.1. The number of hydrogen-bond acceptors (Lipinski definition) is 2. The maximum Gasteiger partial charge on any atom is 0.0488 e. The lowest BCUT2D eigenvalue weighted by Crippen LogP contribution is -1.74. The van der Waals surface area contributed by atoms with Gasteiger partial charge in [-0.3, -0.25) is 0 Å². The summed E-state index contributed by atoms with van der Waals surface area (Å²) >= 11 is 1.55. The molecule has 0 spiro atoms. The maximum atomic E-state index is 4.14. The second-order valence-corrected chi connectivity index (χ2v) is 3.67. The lowest BCUT2D eigenvalue weighted by atomic mass is 10.1. The molecule has 0 bridgehead atoms. The summed E-state index contributed by atoms with van der Waals surface area (Å²) in [5.41, 5.74) is 2.50. The van der Waals surface area contributed by atoms with Crippen molar-refractivity contribution >= 4 is 11.5 Å². The van der Waals surface area contributed by atoms with Crippen molar-refractivity contribution < 1.29 is 0 Å². The number of hydrogen-bond donors (Lipinski definition) is 0. The van der Waals surface area contributed by atoms with Crippen LogP contribution in [0.15, 0.2) is 36.5 Å². The predicted octanol–water partition coefficient (Wildman–Crippen LogP) is 3.12. The Morgan fingerprint density at radius 1 is 1.17 bits per heavy atom. The Bertz CT molecular complexity index is 364. The first-order valence-electron chi connectivity index (χ1n) is 3.84. The zero-order valence-electron chi connectivity index (χ0n) is 6.82. The molecule has 1 aromatic heterocycles. The van der Waals surface area contributed by atoms with Crippen molar-refractivity contribution in [3.63, 3.8) is 0 Å². The fraction of sp³-hybridized carbons (Fsp3) is 0.100. The molecule has 60 valence electrons. The summed E-state index contributed by atoms with van der Waals surface area (Å²) in [6.45, 7) is 2.10. The monoisotopic (exact) mass is 175 g/mol. The van der Waals surface area contributed by atoms with Gasteiger partial charge in [-0.2, -0.15) is 0 Å². The van der Waals surface area contributed by atoms with Crippen molar-refractivity contribution in [3.05, 3.63) is 41.4 Å². The van der Waals surface area contributed by atoms with Gasteiger partial charge >= 0.3 is 0 Å². The molecule has 0 radical (unpaired) electrons. The van der Waals surface area contributed by atoms with Gasteiger partial charge in [-0.05, 0) is 24.0 Å². The van der Waals surface area contributed by atoms with Gasteiger partial charge in [0.1, 0.15) is 0 Å². The second kappa shape index (κ2) is 3.07. The minimum atomic E-state index is 1.25. The van der Waals surface area contributed by atoms with Crippen LogP contribution in [0.4, 0.5) is 0 Å². The molecule has 0 aliphatic heterocycles. The average molecular weight is 175 g/mol. The van der Waals surface area contributed by atoms with Gasteiger partial charge in [-0.25, -0.2) is 4.37 Å². The van der Waals surface area contributed by atoms with E-state index in [1.54, 1.807) is 11.5 Å². The molecule has 0 aliphatic carbocycles. The summed E-state index contributed by atoms with van der Waals surface area (Å²) in [5, 5.41) is 0. The predicted molar refractivity (Wildman–Crippen MR) is 52.3 cm³/mol. The third-order valence-corrected chi connectivity index (χ3v) is 2.54. The fourth-order valence-electron chi connectivity index (χ4n) is 1.19. The van der Waals surface area contributed by atoms with Crippen molar-refractivity contribution in [2.75, 3.05) is 0 Å². The summed E-state index contributed by atoms with van der Waals surface area (Å²) in [6.07, 6.45) is 1.93. The molecule has 12 heavy (non-hydrogen) atoms. The highest BCUT2D eigenvalue weighted by atomic mass is 32.1. The van der Waals surface area contributed by atoms with E-state index in [4.69, 9.17) is 0 Å². The van der Waals surface area contributed by atoms with Crippen LogP contribution in [0.25, 0.3) is 11.1 Å². The second-order valence-electron chi connectivity index (χ2n) is 2.66. The van der Waals surface area contributed by atoms with Crippen LogP contribution in [0.3, 0.4) is 0 Å². The van der Waals surface area contributed by atoms with Crippen LogP contribution in [0.2, 0.25) is 0 Å². The molecule has 2 rings (SSSR count). The summed E-state index contributed by atoms with van der Waals surface area (Å²) < 4.78 is 4.14. The largest absolute Gasteiger partial charge is 0.200 e. The molecule has 1 aromatic carbocycles. The van der Waals surface area contributed by atoms with Gasteiger partial charge in [0.15, 0.2) is 0 Å². The van der Waals surface area contributed by atoms with E-state index in [0.717, 1.165) is 0 Å². The van der Waals surface area contributed by atoms with E-state index in [0.29, 0.717) is 0 Å². The standard InChI is InChI=1S/C10H9NS/c1-8-10(7-11-12-8)9-5-3-2-4-6-9/h2-7H,1H3. The van der Waals surface area contributed by atoms with Crippen LogP contribution in [-0.2, 0) is 0 Å². The number of aryl methyl sites for hydroxylation is 1. The van der Waals surface area contributed by atoms with Gasteiger partial charge in [0.25, 0.3) is 0 Å². The van der Waals surface area contributed by atoms with E-state index in [2.05, 4.69) is 23.4 Å². The summed E-state index contributed by atoms with van der Waals surface area (Å²) in [4.78, 5) is 1.28. The Morgan fingerprint density at radius 3 is 2.50 bits per heavy atom. The molecular formula is C10H9NS. The Kier molecular flexibility index (Phi) is 1.92. The molecule has 1 nitrogen and oxygen atoms in total. The minimum absolute atomic E-state index is 1.25. The minimum Gasteiger partial charge on any atom is -0.200 e. The Balaban J connectivity index is 2.51. The first-order chi connectivity index (χ1) is 5.88. The lowest BCUT2D eigenvalue weighted by Gasteiger charge is -1.96. The van der Waals surface area contributed by atoms with Crippen LogP contribution in [-0.4, -0.2) is 4.37 Å². The fourth-order valence-corrected chi connectivity index (χ4v) is 1.78. The average Bonchev–Trinajstić information content (AvgIpc) is 2.53. The summed E-state index contributed by atoms with van der Waals surface area (Å²) in [5.74, 6) is 0. The van der Waals surface area contributed by atoms with Gasteiger partial charge in [0.05, 0.1) is 0 Å². The molecule has 0 saturated heterocycles. The van der Waals surface area contributed by atoms with Crippen LogP contribution < -0.4 is 0 Å². The smallest absolute Gasteiger partial charge is 0.0488 e. The van der Waals surface area contributed by atoms with E-state index in [-0.39, 0.29) is 0 Å². The molecule has 0 saturated carbocycles. The zero-order chi connectivity index (χ0) is 8.39. The molecule has 2 heteroatoms. The Labute approximate surface area is 75.9 Å². The lowest BCUT2D eigenvalue weighted by molar-refractivity contribution is 1.53. The van der Waals surface area contributed by atoms with Crippen molar-refractivity contribution in [1.29, 1.82) is 0 Å². The zero-order valence-corrected chi connectivity index (χ0v) is 7.64. The quantitative estimate of drug-likeness (QED) is 0.649. The van der Waals surface area contributed by atoms with E-state index >= 15 is 0 Å². The molecule has 0 unspecified atom stereocenters. The van der Waals surface area contributed by atoms with E-state index in [1.165, 1.54) is 16.0 Å². The van der Waals surface area contributed by atoms with E-state index in [1.807, 2.05) is 24.4 Å². The van der Waals surface area contributed by atoms with Crippen LogP contribution in [0.1, 0.15) is 4.88 Å². The highest BCUT2D eigenvalue weighted by Gasteiger charge is 2.01. The molecule has 0 fully saturated rings. The number of benzene rings is 1. The molecule has 0 amide bonds. The van der Waals surface area contributed by atoms with Crippen molar-refractivity contribution in [2.24, 2.45) is 0 Å². The molecule has 1 heterocycles. The van der Waals surface area contributed by atoms with Crippen molar-refractivity contribution in [2.45, 2.75) is 6.92 Å². The number of nitrogens with zero attached hydrogens (tertiary/aromatic N) is 1. The Morgan fingerprint density at radius 2 is 1.92 bits per heavy atom. The van der Waals surface area contributed by atoms with Gasteiger partial charge in [0, 0.05) is 16.6 Å². The van der Waals surface area contributed by atoms with Gasteiger partial charge < -0.3 is 0 Å². The number of aromatic nitrogens is 1. The Hall–Kier alpha value is -1.15. The summed E-state index contributed by atoms with van der Waals surface area (Å²) in [6, 6.07) is 10.3. The van der Waals surface area contributed by atoms with Crippen LogP contribution in [0, 0.1) is 6.92 Å². The van der Waals surface area contributed by atoms with E-state index < -0.39 is 0 Å². The first kappa shape index (κ1) is 7.50. The molecule has 0 N–H and O–H groups in total. The van der Waals surface area contributed by atoms with E-state index in [9.17, 15) is 0 Å². The van der Waals surface area contributed by atoms with Gasteiger partial charge in [-0.1, -0.05) is 30.3 Å². The van der Waals surface area contributed by atoms with Crippen LogP contribution in [0.5, 0.6) is 0 Å². The first-order valence-corrected chi connectivity index (χ1v) is 4.62. The third kappa shape index (κ3) is 1.25. The van der Waals surface area contributed by atoms with Crippen molar-refractivity contribution in [3.8, 4) is 11.1 Å². The highest BCUT2D eigenvalue weighted by molar-refractivity contribution is 7.06. The summed E-state index contributed by atoms with van der Waals surface area (Å²) in [7, 11) is 0. The molecule has 0 aliphatic rings. The van der Waals surface area contributed by atoms with Crippen molar-refractivity contribution in [1.82, 2.24) is 4.37 Å². The van der Waals surface area contributed by atoms with Crippen LogP contribution >= 0.6 is 11.5 Å². The highest BCUT2D eigenvalue weighted by Crippen LogP contribution is 2.24. The molecular weight excluding hydrogens is 166 g/mol. The SMILES string of the molecule is Cc1sncc1-c1ccccc1. The topological polar surface area (TPSA) is 12.9 Å².